The summed E-state index contributed by atoms with van der Waals surface area (Å²) in [6, 6.07) is 2.17. The van der Waals surface area contributed by atoms with E-state index < -0.39 is 37.6 Å². The van der Waals surface area contributed by atoms with Crippen LogP contribution in [-0.2, 0) is 0 Å². The molecule has 0 saturated heterocycles. The molecule has 1 aromatic carbocycles. The van der Waals surface area contributed by atoms with Crippen LogP contribution in [0.1, 0.15) is 25.7 Å². The summed E-state index contributed by atoms with van der Waals surface area (Å²) >= 11 is 0. The minimum Gasteiger partial charge on any atom is -0.497 e. The van der Waals surface area contributed by atoms with Crippen molar-refractivity contribution < 1.29 is 19.9 Å². The van der Waals surface area contributed by atoms with Gasteiger partial charge >= 0.3 is 11.4 Å². The summed E-state index contributed by atoms with van der Waals surface area (Å²) in [7, 11) is 4.31. The second kappa shape index (κ2) is 9.01. The van der Waals surface area contributed by atoms with E-state index in [-0.39, 0.29) is 0 Å². The lowest BCUT2D eigenvalue weighted by molar-refractivity contribution is -0.404. The molecule has 3 N–H and O–H groups in total. The highest BCUT2D eigenvalue weighted by Gasteiger charge is 2.30. The van der Waals surface area contributed by atoms with E-state index in [0.717, 1.165) is 6.04 Å². The van der Waals surface area contributed by atoms with Crippen LogP contribution in [0.2, 0.25) is 0 Å². The fourth-order valence-electron chi connectivity index (χ4n) is 2.59. The molecule has 0 atom stereocenters. The number of nitro groups is 3. The number of rotatable bonds is 4. The topological polar surface area (TPSA) is 179 Å². The lowest BCUT2D eigenvalue weighted by atomic mass is 9.91. The van der Waals surface area contributed by atoms with Crippen LogP contribution in [0.5, 0.6) is 5.75 Å². The molecular weight excluding hydrogens is 350 g/mol. The molecule has 1 aliphatic rings. The van der Waals surface area contributed by atoms with Crippen molar-refractivity contribution in [2.45, 2.75) is 37.8 Å². The molecule has 2 rings (SSSR count). The fraction of sp³-hybridized carbons (Fsp3) is 0.571. The summed E-state index contributed by atoms with van der Waals surface area (Å²) in [5.74, 6) is -1.21. The minimum absolute atomic E-state index is 0.447. The zero-order chi connectivity index (χ0) is 20.0. The summed E-state index contributed by atoms with van der Waals surface area (Å²) < 4.78 is 0. The minimum atomic E-state index is -1.21. The highest BCUT2D eigenvalue weighted by atomic mass is 16.6. The van der Waals surface area contributed by atoms with Gasteiger partial charge in [0.15, 0.2) is 0 Å². The first-order chi connectivity index (χ1) is 12.0. The zero-order valence-corrected chi connectivity index (χ0v) is 14.4. The average Bonchev–Trinajstić information content (AvgIpc) is 2.55. The molecule has 0 unspecified atom stereocenters. The van der Waals surface area contributed by atoms with Crippen molar-refractivity contribution in [3.8, 4) is 5.75 Å². The van der Waals surface area contributed by atoms with Crippen molar-refractivity contribution in [3.63, 3.8) is 0 Å². The number of hydrogen-bond donors (Lipinski definition) is 2. The molecule has 0 aromatic heterocycles. The third kappa shape index (κ3) is 5.60. The lowest BCUT2D eigenvalue weighted by Gasteiger charge is -2.30. The van der Waals surface area contributed by atoms with Crippen molar-refractivity contribution in [1.82, 2.24) is 4.90 Å². The number of nitrogens with zero attached hydrogens (tertiary/aromatic N) is 4. The Morgan fingerprint density at radius 3 is 1.69 bits per heavy atom. The molecule has 12 nitrogen and oxygen atoms in total. The van der Waals surface area contributed by atoms with E-state index in [1.807, 2.05) is 0 Å². The van der Waals surface area contributed by atoms with Gasteiger partial charge in [0.2, 0.25) is 0 Å². The lowest BCUT2D eigenvalue weighted by Crippen LogP contribution is -2.36. The van der Waals surface area contributed by atoms with E-state index in [9.17, 15) is 30.3 Å². The molecular formula is C14H21N5O7. The summed E-state index contributed by atoms with van der Waals surface area (Å²) in [6.07, 6.45) is 4.99. The molecule has 0 aliphatic heterocycles. The molecule has 0 amide bonds. The van der Waals surface area contributed by atoms with Gasteiger partial charge < -0.3 is 15.7 Å². The predicted molar refractivity (Wildman–Crippen MR) is 92.0 cm³/mol. The monoisotopic (exact) mass is 371 g/mol. The van der Waals surface area contributed by atoms with E-state index in [1.54, 1.807) is 0 Å². The quantitative estimate of drug-likeness (QED) is 0.590. The molecule has 0 heterocycles. The van der Waals surface area contributed by atoms with Crippen LogP contribution in [0.4, 0.5) is 17.1 Å². The molecule has 1 saturated carbocycles. The molecule has 1 aromatic rings. The van der Waals surface area contributed by atoms with Crippen molar-refractivity contribution in [2.75, 3.05) is 14.1 Å². The highest BCUT2D eigenvalue weighted by Crippen LogP contribution is 2.38. The van der Waals surface area contributed by atoms with Crippen LogP contribution < -0.4 is 5.73 Å². The number of nitrogens with two attached hydrogens (primary N) is 1. The van der Waals surface area contributed by atoms with Gasteiger partial charge in [-0.2, -0.15) is 0 Å². The molecule has 0 spiro atoms. The summed E-state index contributed by atoms with van der Waals surface area (Å²) in [5, 5.41) is 40.2. The molecule has 144 valence electrons. The van der Waals surface area contributed by atoms with E-state index >= 15 is 0 Å². The van der Waals surface area contributed by atoms with Gasteiger partial charge in [0.1, 0.15) is 0 Å². The number of non-ortho nitro benzene ring substituents is 1. The Morgan fingerprint density at radius 2 is 1.38 bits per heavy atom. The average molecular weight is 371 g/mol. The Kier molecular flexibility index (Phi) is 7.34. The normalized spacial score (nSPS) is 19.4. The van der Waals surface area contributed by atoms with Gasteiger partial charge in [0, 0.05) is 12.1 Å². The maximum Gasteiger partial charge on any atom is 0.324 e. The SMILES string of the molecule is CN(C)C1CCC(N)CC1.O=[N+]([O-])c1cc([N+](=O)[O-])c(O)c([N+](=O)[O-])c1. The van der Waals surface area contributed by atoms with Crippen molar-refractivity contribution >= 4 is 17.1 Å². The van der Waals surface area contributed by atoms with Crippen LogP contribution in [-0.4, -0.2) is 51.0 Å². The first-order valence-corrected chi connectivity index (χ1v) is 7.76. The first kappa shape index (κ1) is 21.2. The van der Waals surface area contributed by atoms with Crippen LogP contribution in [0.15, 0.2) is 12.1 Å². The highest BCUT2D eigenvalue weighted by molar-refractivity contribution is 5.64. The van der Waals surface area contributed by atoms with E-state index in [2.05, 4.69) is 19.0 Å². The zero-order valence-electron chi connectivity index (χ0n) is 14.4. The Labute approximate surface area is 148 Å². The summed E-state index contributed by atoms with van der Waals surface area (Å²) in [4.78, 5) is 30.1. The number of benzene rings is 1. The van der Waals surface area contributed by atoms with E-state index in [1.165, 1.54) is 25.7 Å². The molecule has 0 bridgehead atoms. The number of phenolic OH excluding ortho intramolecular Hbond substituents is 1. The van der Waals surface area contributed by atoms with Gasteiger partial charge in [-0.25, -0.2) is 0 Å². The second-order valence-corrected chi connectivity index (χ2v) is 6.14. The van der Waals surface area contributed by atoms with Gasteiger partial charge in [-0.3, -0.25) is 30.3 Å². The Balaban J connectivity index is 0.000000289. The van der Waals surface area contributed by atoms with E-state index in [4.69, 9.17) is 10.8 Å². The van der Waals surface area contributed by atoms with Crippen molar-refractivity contribution in [3.05, 3.63) is 42.5 Å². The molecule has 0 radical (unpaired) electrons. The molecule has 26 heavy (non-hydrogen) atoms. The second-order valence-electron chi connectivity index (χ2n) is 6.14. The van der Waals surface area contributed by atoms with Crippen molar-refractivity contribution in [2.24, 2.45) is 5.73 Å². The van der Waals surface area contributed by atoms with Gasteiger partial charge in [-0.1, -0.05) is 0 Å². The molecule has 1 fully saturated rings. The maximum atomic E-state index is 10.4. The molecule has 12 heteroatoms. The van der Waals surface area contributed by atoms with E-state index in [0.29, 0.717) is 18.2 Å². The fourth-order valence-corrected chi connectivity index (χ4v) is 2.59. The summed E-state index contributed by atoms with van der Waals surface area (Å²) in [6.45, 7) is 0. The number of nitro benzene ring substituents is 3. The smallest absolute Gasteiger partial charge is 0.324 e. The van der Waals surface area contributed by atoms with Crippen LogP contribution in [0, 0.1) is 30.3 Å². The third-order valence-corrected chi connectivity index (χ3v) is 4.13. The Morgan fingerprint density at radius 1 is 0.962 bits per heavy atom. The van der Waals surface area contributed by atoms with Crippen molar-refractivity contribution in [1.29, 1.82) is 0 Å². The van der Waals surface area contributed by atoms with Crippen LogP contribution in [0.25, 0.3) is 0 Å². The third-order valence-electron chi connectivity index (χ3n) is 4.13. The largest absolute Gasteiger partial charge is 0.497 e. The Bertz CT molecular complexity index is 651. The van der Waals surface area contributed by atoms with Gasteiger partial charge in [0.25, 0.3) is 11.4 Å². The Hall–Kier alpha value is -2.86. The van der Waals surface area contributed by atoms with Gasteiger partial charge in [0.05, 0.1) is 26.9 Å². The number of phenols is 1. The standard InChI is InChI=1S/C8H18N2.C6H3N3O7/c1-10(2)8-5-3-7(9)4-6-8;10-6-4(8(13)14)1-3(7(11)12)2-5(6)9(15)16/h7-8H,3-6,9H2,1-2H3;1-2,10H. The number of hydrogen-bond acceptors (Lipinski definition) is 9. The van der Waals surface area contributed by atoms with Gasteiger partial charge in [-0.15, -0.1) is 0 Å². The number of aromatic hydroxyl groups is 1. The predicted octanol–water partition coefficient (Wildman–Crippen LogP) is 1.93. The maximum absolute atomic E-state index is 10.4. The molecule has 1 aliphatic carbocycles. The van der Waals surface area contributed by atoms with Crippen LogP contribution >= 0.6 is 0 Å². The van der Waals surface area contributed by atoms with Gasteiger partial charge in [-0.05, 0) is 39.8 Å². The summed E-state index contributed by atoms with van der Waals surface area (Å²) in [5.41, 5.74) is 2.78. The van der Waals surface area contributed by atoms with Crippen LogP contribution in [0.3, 0.4) is 0 Å². The first-order valence-electron chi connectivity index (χ1n) is 7.76.